The number of hydrogen-bond acceptors (Lipinski definition) is 2. The summed E-state index contributed by atoms with van der Waals surface area (Å²) in [5, 5.41) is 2.23. The van der Waals surface area contributed by atoms with Crippen LogP contribution in [0.4, 0.5) is 30.2 Å². The molecule has 5 rings (SSSR count). The summed E-state index contributed by atoms with van der Waals surface area (Å²) >= 11 is 1.68. The second-order valence-corrected chi connectivity index (χ2v) is 7.70. The van der Waals surface area contributed by atoms with Gasteiger partial charge in [0.2, 0.25) is 0 Å². The number of fused-ring (bicyclic) bond motifs is 3. The van der Waals surface area contributed by atoms with Crippen molar-refractivity contribution in [3.05, 3.63) is 90.5 Å². The van der Waals surface area contributed by atoms with Crippen LogP contribution in [-0.2, 0) is 6.18 Å². The van der Waals surface area contributed by atoms with Crippen LogP contribution in [0.1, 0.15) is 5.56 Å². The average Bonchev–Trinajstić information content (AvgIpc) is 2.70. The van der Waals surface area contributed by atoms with Gasteiger partial charge in [0.05, 0.1) is 16.9 Å². The van der Waals surface area contributed by atoms with Gasteiger partial charge in [-0.05, 0) is 59.3 Å². The number of hydrogen-bond donors (Lipinski definition) is 0. The molecule has 28 heavy (non-hydrogen) atoms. The van der Waals surface area contributed by atoms with Crippen molar-refractivity contribution in [1.82, 2.24) is 0 Å². The Balaban J connectivity index is 1.72. The fourth-order valence-corrected chi connectivity index (χ4v) is 4.61. The van der Waals surface area contributed by atoms with E-state index in [9.17, 15) is 13.2 Å². The van der Waals surface area contributed by atoms with E-state index in [2.05, 4.69) is 18.2 Å². The van der Waals surface area contributed by atoms with Crippen LogP contribution < -0.4 is 4.90 Å². The summed E-state index contributed by atoms with van der Waals surface area (Å²) in [5.41, 5.74) is 2.00. The fraction of sp³-hybridized carbons (Fsp3) is 0.0435. The van der Waals surface area contributed by atoms with Crippen molar-refractivity contribution in [3.8, 4) is 0 Å². The Hall–Kier alpha value is -2.92. The van der Waals surface area contributed by atoms with Gasteiger partial charge >= 0.3 is 6.18 Å². The maximum Gasteiger partial charge on any atom is 0.416 e. The van der Waals surface area contributed by atoms with E-state index < -0.39 is 11.7 Å². The third-order valence-electron chi connectivity index (χ3n) is 4.85. The summed E-state index contributed by atoms with van der Waals surface area (Å²) in [6.07, 6.45) is -4.34. The Morgan fingerprint density at radius 2 is 1.29 bits per heavy atom. The Morgan fingerprint density at radius 3 is 2.00 bits per heavy atom. The van der Waals surface area contributed by atoms with Gasteiger partial charge in [0.1, 0.15) is 0 Å². The minimum atomic E-state index is -4.34. The first kappa shape index (κ1) is 17.2. The molecule has 0 fully saturated rings. The number of rotatable bonds is 1. The Kier molecular flexibility index (Phi) is 3.88. The van der Waals surface area contributed by atoms with E-state index in [4.69, 9.17) is 0 Å². The van der Waals surface area contributed by atoms with E-state index >= 15 is 0 Å². The summed E-state index contributed by atoms with van der Waals surface area (Å²) in [6.45, 7) is 0. The normalized spacial score (nSPS) is 13.3. The standard InChI is InChI=1S/C23H14F3NS/c24-23(25,26)17-9-11-18(12-10-17)27-19-7-3-4-8-21(19)28-22-14-16-6-2-1-5-15(16)13-20(22)27/h1-14H. The molecule has 0 saturated carbocycles. The number of alkyl halides is 3. The van der Waals surface area contributed by atoms with Gasteiger partial charge in [-0.25, -0.2) is 0 Å². The summed E-state index contributed by atoms with van der Waals surface area (Å²) in [5.74, 6) is 0. The number of para-hydroxylation sites is 1. The molecule has 138 valence electrons. The van der Waals surface area contributed by atoms with Gasteiger partial charge < -0.3 is 4.90 Å². The van der Waals surface area contributed by atoms with Crippen molar-refractivity contribution < 1.29 is 13.2 Å². The number of anilines is 3. The SMILES string of the molecule is FC(F)(F)c1ccc(N2c3ccccc3Sc3cc4ccccc4cc32)cc1. The monoisotopic (exact) mass is 393 g/mol. The first-order chi connectivity index (χ1) is 13.5. The van der Waals surface area contributed by atoms with Crippen LogP contribution in [0.15, 0.2) is 94.7 Å². The molecule has 4 aromatic rings. The van der Waals surface area contributed by atoms with Gasteiger partial charge in [-0.1, -0.05) is 48.2 Å². The van der Waals surface area contributed by atoms with Gasteiger partial charge in [0, 0.05) is 15.5 Å². The molecule has 0 unspecified atom stereocenters. The molecule has 1 aliphatic heterocycles. The highest BCUT2D eigenvalue weighted by molar-refractivity contribution is 7.99. The number of halogens is 3. The third-order valence-corrected chi connectivity index (χ3v) is 5.96. The third kappa shape index (κ3) is 2.83. The Bertz CT molecular complexity index is 1180. The van der Waals surface area contributed by atoms with Crippen LogP contribution in [0.3, 0.4) is 0 Å². The predicted molar refractivity (Wildman–Crippen MR) is 108 cm³/mol. The van der Waals surface area contributed by atoms with Crippen molar-refractivity contribution in [2.24, 2.45) is 0 Å². The highest BCUT2D eigenvalue weighted by atomic mass is 32.2. The number of nitrogens with zero attached hydrogens (tertiary/aromatic N) is 1. The molecular formula is C23H14F3NS. The molecular weight excluding hydrogens is 379 g/mol. The zero-order valence-corrected chi connectivity index (χ0v) is 15.4. The highest BCUT2D eigenvalue weighted by Crippen LogP contribution is 2.52. The van der Waals surface area contributed by atoms with Crippen LogP contribution in [0, 0.1) is 0 Å². The molecule has 0 saturated heterocycles. The average molecular weight is 393 g/mol. The second kappa shape index (κ2) is 6.31. The summed E-state index contributed by atoms with van der Waals surface area (Å²) in [4.78, 5) is 4.19. The first-order valence-electron chi connectivity index (χ1n) is 8.78. The summed E-state index contributed by atoms with van der Waals surface area (Å²) in [7, 11) is 0. The molecule has 5 heteroatoms. The second-order valence-electron chi connectivity index (χ2n) is 6.62. The van der Waals surface area contributed by atoms with Crippen molar-refractivity contribution in [2.45, 2.75) is 16.0 Å². The van der Waals surface area contributed by atoms with Crippen LogP contribution in [0.25, 0.3) is 10.8 Å². The van der Waals surface area contributed by atoms with E-state index in [1.165, 1.54) is 12.1 Å². The molecule has 0 radical (unpaired) electrons. The summed E-state index contributed by atoms with van der Waals surface area (Å²) < 4.78 is 39.0. The minimum absolute atomic E-state index is 0.644. The molecule has 1 heterocycles. The molecule has 0 N–H and O–H groups in total. The lowest BCUT2D eigenvalue weighted by Crippen LogP contribution is -2.15. The van der Waals surface area contributed by atoms with E-state index in [0.717, 1.165) is 44.1 Å². The smallest absolute Gasteiger partial charge is 0.308 e. The lowest BCUT2D eigenvalue weighted by molar-refractivity contribution is -0.137. The van der Waals surface area contributed by atoms with Crippen molar-refractivity contribution >= 4 is 39.6 Å². The van der Waals surface area contributed by atoms with E-state index in [0.29, 0.717) is 5.69 Å². The topological polar surface area (TPSA) is 3.24 Å². The van der Waals surface area contributed by atoms with Crippen LogP contribution in [-0.4, -0.2) is 0 Å². The van der Waals surface area contributed by atoms with E-state index in [1.807, 2.05) is 47.4 Å². The van der Waals surface area contributed by atoms with Crippen molar-refractivity contribution in [3.63, 3.8) is 0 Å². The molecule has 1 aliphatic rings. The molecule has 0 atom stereocenters. The van der Waals surface area contributed by atoms with Crippen LogP contribution >= 0.6 is 11.8 Å². The maximum absolute atomic E-state index is 13.0. The van der Waals surface area contributed by atoms with E-state index in [-0.39, 0.29) is 0 Å². The van der Waals surface area contributed by atoms with E-state index in [1.54, 1.807) is 11.8 Å². The Labute approximate surface area is 164 Å². The maximum atomic E-state index is 13.0. The molecule has 0 aliphatic carbocycles. The van der Waals surface area contributed by atoms with Gasteiger partial charge in [-0.3, -0.25) is 0 Å². The van der Waals surface area contributed by atoms with Crippen LogP contribution in [0.5, 0.6) is 0 Å². The van der Waals surface area contributed by atoms with Gasteiger partial charge in [-0.15, -0.1) is 0 Å². The Morgan fingerprint density at radius 1 is 0.643 bits per heavy atom. The van der Waals surface area contributed by atoms with Crippen molar-refractivity contribution in [1.29, 1.82) is 0 Å². The molecule has 0 spiro atoms. The highest BCUT2D eigenvalue weighted by Gasteiger charge is 2.31. The molecule has 0 aromatic heterocycles. The molecule has 0 bridgehead atoms. The zero-order valence-electron chi connectivity index (χ0n) is 14.6. The van der Waals surface area contributed by atoms with Crippen LogP contribution in [0.2, 0.25) is 0 Å². The molecule has 0 amide bonds. The molecule has 4 aromatic carbocycles. The quantitative estimate of drug-likeness (QED) is 0.286. The van der Waals surface area contributed by atoms with Gasteiger partial charge in [0.25, 0.3) is 0 Å². The number of benzene rings is 4. The molecule has 1 nitrogen and oxygen atoms in total. The fourth-order valence-electron chi connectivity index (χ4n) is 3.52. The predicted octanol–water partition coefficient (Wildman–Crippen LogP) is 7.79. The first-order valence-corrected chi connectivity index (χ1v) is 9.59. The zero-order chi connectivity index (χ0) is 19.3. The lowest BCUT2D eigenvalue weighted by atomic mass is 10.1. The summed E-state index contributed by atoms with van der Waals surface area (Å²) in [6, 6.07) is 25.7. The largest absolute Gasteiger partial charge is 0.416 e. The van der Waals surface area contributed by atoms with Crippen molar-refractivity contribution in [2.75, 3.05) is 4.90 Å². The van der Waals surface area contributed by atoms with Gasteiger partial charge in [0.15, 0.2) is 0 Å². The minimum Gasteiger partial charge on any atom is -0.308 e. The lowest BCUT2D eigenvalue weighted by Gasteiger charge is -2.33. The van der Waals surface area contributed by atoms with Gasteiger partial charge in [-0.2, -0.15) is 13.2 Å².